The first-order valence-electron chi connectivity index (χ1n) is 7.82. The summed E-state index contributed by atoms with van der Waals surface area (Å²) in [6, 6.07) is -1.15. The molecule has 0 amide bonds. The summed E-state index contributed by atoms with van der Waals surface area (Å²) in [5.74, 6) is 0. The van der Waals surface area contributed by atoms with Gasteiger partial charge in [0.05, 0.1) is 19.3 Å². The SMILES string of the molecule is CC(O)NC1C(O)[C@H](O[C@@H]2OC[C@H](O)C(O)C2O)C(CO)O[C@H]1N=O. The van der Waals surface area contributed by atoms with Crippen LogP contribution in [0.2, 0.25) is 0 Å². The van der Waals surface area contributed by atoms with Crippen LogP contribution in [0.15, 0.2) is 5.18 Å². The standard InChI is InChI=1S/C13H24N2O10/c1-4(17)14-7-9(20)11(6(2-16)24-12(7)15-22)25-13-10(21)8(19)5(18)3-23-13/h4-14,16-21H,2-3H2,1H3/t4?,5-,6?,7?,8?,9?,10?,11+,12+,13-/m0/s1. The highest BCUT2D eigenvalue weighted by molar-refractivity contribution is 4.97. The third kappa shape index (κ3) is 4.49. The lowest BCUT2D eigenvalue weighted by molar-refractivity contribution is -0.316. The average molecular weight is 368 g/mol. The van der Waals surface area contributed by atoms with E-state index in [1.807, 2.05) is 0 Å². The average Bonchev–Trinajstić information content (AvgIpc) is 2.58. The predicted octanol–water partition coefficient (Wildman–Crippen LogP) is -4.05. The molecule has 2 heterocycles. The van der Waals surface area contributed by atoms with E-state index in [0.29, 0.717) is 0 Å². The van der Waals surface area contributed by atoms with Gasteiger partial charge in [-0.05, 0) is 12.1 Å². The van der Waals surface area contributed by atoms with Crippen LogP contribution < -0.4 is 5.32 Å². The van der Waals surface area contributed by atoms with E-state index in [4.69, 9.17) is 14.2 Å². The van der Waals surface area contributed by atoms with E-state index >= 15 is 0 Å². The van der Waals surface area contributed by atoms with Crippen LogP contribution in [0.4, 0.5) is 0 Å². The van der Waals surface area contributed by atoms with E-state index in [1.165, 1.54) is 6.92 Å². The minimum atomic E-state index is -1.61. The van der Waals surface area contributed by atoms with E-state index < -0.39 is 68.0 Å². The van der Waals surface area contributed by atoms with Gasteiger partial charge >= 0.3 is 0 Å². The maximum Gasteiger partial charge on any atom is 0.208 e. The number of ether oxygens (including phenoxy) is 3. The molecule has 7 N–H and O–H groups in total. The Kier molecular flexibility index (Phi) is 7.16. The largest absolute Gasteiger partial charge is 0.394 e. The minimum absolute atomic E-state index is 0.315. The maximum atomic E-state index is 10.9. The van der Waals surface area contributed by atoms with Gasteiger partial charge in [0, 0.05) is 0 Å². The van der Waals surface area contributed by atoms with E-state index in [9.17, 15) is 35.5 Å². The summed E-state index contributed by atoms with van der Waals surface area (Å²) in [4.78, 5) is 10.9. The highest BCUT2D eigenvalue weighted by atomic mass is 16.7. The quantitative estimate of drug-likeness (QED) is 0.178. The molecule has 0 spiro atoms. The zero-order valence-corrected chi connectivity index (χ0v) is 13.5. The Labute approximate surface area is 142 Å². The molecular formula is C13H24N2O10. The Morgan fingerprint density at radius 2 is 1.92 bits per heavy atom. The fourth-order valence-corrected chi connectivity index (χ4v) is 2.85. The molecule has 2 fully saturated rings. The van der Waals surface area contributed by atoms with Crippen LogP contribution >= 0.6 is 0 Å². The summed E-state index contributed by atoms with van der Waals surface area (Å²) >= 11 is 0. The Balaban J connectivity index is 2.14. The number of nitroso groups, excluding NO2 is 1. The van der Waals surface area contributed by atoms with Crippen molar-refractivity contribution >= 4 is 0 Å². The highest BCUT2D eigenvalue weighted by Crippen LogP contribution is 2.28. The summed E-state index contributed by atoms with van der Waals surface area (Å²) in [6.07, 6.45) is -12.3. The molecule has 0 aliphatic carbocycles. The predicted molar refractivity (Wildman–Crippen MR) is 78.8 cm³/mol. The first-order valence-corrected chi connectivity index (χ1v) is 7.82. The first-order chi connectivity index (χ1) is 11.8. The number of rotatable bonds is 6. The van der Waals surface area contributed by atoms with Crippen LogP contribution in [0.5, 0.6) is 0 Å². The molecule has 0 radical (unpaired) electrons. The highest BCUT2D eigenvalue weighted by Gasteiger charge is 2.49. The molecule has 0 aromatic heterocycles. The number of aliphatic hydroxyl groups excluding tert-OH is 6. The van der Waals surface area contributed by atoms with Gasteiger partial charge < -0.3 is 44.8 Å². The van der Waals surface area contributed by atoms with Crippen molar-refractivity contribution in [3.63, 3.8) is 0 Å². The van der Waals surface area contributed by atoms with Gasteiger partial charge in [0.2, 0.25) is 6.23 Å². The van der Waals surface area contributed by atoms with Crippen LogP contribution in [-0.4, -0.2) is 105 Å². The molecule has 2 rings (SSSR count). The number of hydrogen-bond donors (Lipinski definition) is 7. The fourth-order valence-electron chi connectivity index (χ4n) is 2.85. The van der Waals surface area contributed by atoms with Gasteiger partial charge in [0.25, 0.3) is 0 Å². The van der Waals surface area contributed by atoms with E-state index in [-0.39, 0.29) is 6.61 Å². The molecule has 0 saturated carbocycles. The summed E-state index contributed by atoms with van der Waals surface area (Å²) in [7, 11) is 0. The number of nitrogens with zero attached hydrogens (tertiary/aromatic N) is 1. The molecule has 0 aromatic carbocycles. The van der Waals surface area contributed by atoms with Crippen molar-refractivity contribution in [3.8, 4) is 0 Å². The van der Waals surface area contributed by atoms with Crippen molar-refractivity contribution < 1.29 is 44.8 Å². The van der Waals surface area contributed by atoms with Gasteiger partial charge in [-0.15, -0.1) is 4.91 Å². The smallest absolute Gasteiger partial charge is 0.208 e. The van der Waals surface area contributed by atoms with Gasteiger partial charge in [0.15, 0.2) is 6.29 Å². The Morgan fingerprint density at radius 3 is 2.48 bits per heavy atom. The van der Waals surface area contributed by atoms with Crippen LogP contribution in [0.25, 0.3) is 0 Å². The summed E-state index contributed by atoms with van der Waals surface area (Å²) in [5, 5.41) is 63.6. The molecule has 10 atom stereocenters. The Morgan fingerprint density at radius 1 is 1.24 bits per heavy atom. The number of hydrogen-bond acceptors (Lipinski definition) is 12. The van der Waals surface area contributed by atoms with Crippen molar-refractivity contribution in [2.45, 2.75) is 68.3 Å². The van der Waals surface area contributed by atoms with Crippen LogP contribution in [0.1, 0.15) is 6.92 Å². The monoisotopic (exact) mass is 368 g/mol. The van der Waals surface area contributed by atoms with Crippen molar-refractivity contribution in [1.29, 1.82) is 0 Å². The molecular weight excluding hydrogens is 344 g/mol. The van der Waals surface area contributed by atoms with Gasteiger partial charge in [-0.25, -0.2) is 0 Å². The molecule has 0 bridgehead atoms. The number of nitrogens with one attached hydrogen (secondary N) is 1. The second-order valence-electron chi connectivity index (χ2n) is 6.06. The molecule has 2 saturated heterocycles. The van der Waals surface area contributed by atoms with Crippen molar-refractivity contribution in [1.82, 2.24) is 5.32 Å². The topological polar surface area (TPSA) is 191 Å². The first kappa shape index (κ1) is 20.5. The van der Waals surface area contributed by atoms with Gasteiger partial charge in [-0.1, -0.05) is 0 Å². The second-order valence-corrected chi connectivity index (χ2v) is 6.06. The summed E-state index contributed by atoms with van der Waals surface area (Å²) in [5.41, 5.74) is 0. The Hall–Kier alpha value is -0.800. The maximum absolute atomic E-state index is 10.9. The minimum Gasteiger partial charge on any atom is -0.394 e. The third-order valence-electron chi connectivity index (χ3n) is 4.16. The molecule has 2 aliphatic heterocycles. The lowest BCUT2D eigenvalue weighted by Crippen LogP contribution is -2.66. The second kappa shape index (κ2) is 8.73. The van der Waals surface area contributed by atoms with Crippen LogP contribution in [0, 0.1) is 4.91 Å². The molecule has 25 heavy (non-hydrogen) atoms. The Bertz CT molecular complexity index is 441. The molecule has 12 heteroatoms. The van der Waals surface area contributed by atoms with Crippen molar-refractivity contribution in [2.75, 3.05) is 13.2 Å². The van der Waals surface area contributed by atoms with Crippen LogP contribution in [-0.2, 0) is 14.2 Å². The summed E-state index contributed by atoms with van der Waals surface area (Å²) in [6.45, 7) is 0.404. The fraction of sp³-hybridized carbons (Fsp3) is 1.00. The van der Waals surface area contributed by atoms with Crippen molar-refractivity contribution in [2.24, 2.45) is 5.18 Å². The van der Waals surface area contributed by atoms with Gasteiger partial charge in [-0.3, -0.25) is 5.32 Å². The van der Waals surface area contributed by atoms with Crippen molar-refractivity contribution in [3.05, 3.63) is 4.91 Å². The zero-order chi connectivity index (χ0) is 18.7. The lowest BCUT2D eigenvalue weighted by atomic mass is 9.95. The van der Waals surface area contributed by atoms with E-state index in [0.717, 1.165) is 0 Å². The lowest BCUT2D eigenvalue weighted by Gasteiger charge is -2.45. The third-order valence-corrected chi connectivity index (χ3v) is 4.16. The molecule has 12 nitrogen and oxygen atoms in total. The molecule has 0 aromatic rings. The molecule has 2 aliphatic rings. The van der Waals surface area contributed by atoms with Gasteiger partial charge in [0.1, 0.15) is 42.9 Å². The molecule has 146 valence electrons. The zero-order valence-electron chi connectivity index (χ0n) is 13.5. The van der Waals surface area contributed by atoms with Crippen LogP contribution in [0.3, 0.4) is 0 Å². The molecule has 6 unspecified atom stereocenters. The number of aliphatic hydroxyl groups is 6. The van der Waals surface area contributed by atoms with E-state index in [1.54, 1.807) is 0 Å². The van der Waals surface area contributed by atoms with Gasteiger partial charge in [-0.2, -0.15) is 0 Å². The van der Waals surface area contributed by atoms with E-state index in [2.05, 4.69) is 10.5 Å². The normalized spacial score (nSPS) is 46.6. The summed E-state index contributed by atoms with van der Waals surface area (Å²) < 4.78 is 15.8.